The van der Waals surface area contributed by atoms with Gasteiger partial charge in [0.05, 0.1) is 19.8 Å². The Morgan fingerprint density at radius 1 is 1.27 bits per heavy atom. The van der Waals surface area contributed by atoms with E-state index in [1.807, 2.05) is 30.3 Å². The first-order chi connectivity index (χ1) is 10.3. The molecule has 0 N–H and O–H groups in total. The third kappa shape index (κ3) is 7.78. The van der Waals surface area contributed by atoms with E-state index in [1.165, 1.54) is 18.0 Å². The van der Waals surface area contributed by atoms with Gasteiger partial charge in [-0.1, -0.05) is 30.3 Å². The van der Waals surface area contributed by atoms with Crippen molar-refractivity contribution in [3.63, 3.8) is 0 Å². The fourth-order valence-corrected chi connectivity index (χ4v) is 1.60. The number of likely N-dealkylation sites (N-methyl/N-ethyl adjacent to an activating group) is 1. The summed E-state index contributed by atoms with van der Waals surface area (Å²) >= 11 is 0. The summed E-state index contributed by atoms with van der Waals surface area (Å²) < 4.78 is 24.2. The van der Waals surface area contributed by atoms with Crippen molar-refractivity contribution in [2.45, 2.75) is 33.0 Å². The van der Waals surface area contributed by atoms with E-state index in [1.54, 1.807) is 20.8 Å². The summed E-state index contributed by atoms with van der Waals surface area (Å²) in [6.45, 7) is 5.74. The minimum absolute atomic E-state index is 0.135. The van der Waals surface area contributed by atoms with Crippen LogP contribution in [0.2, 0.25) is 0 Å². The van der Waals surface area contributed by atoms with Crippen molar-refractivity contribution >= 4 is 6.09 Å². The van der Waals surface area contributed by atoms with Crippen LogP contribution in [0.25, 0.3) is 0 Å². The van der Waals surface area contributed by atoms with Crippen LogP contribution in [-0.2, 0) is 16.1 Å². The summed E-state index contributed by atoms with van der Waals surface area (Å²) in [6.07, 6.45) is 0.769. The third-order valence-corrected chi connectivity index (χ3v) is 2.63. The summed E-state index contributed by atoms with van der Waals surface area (Å²) in [6, 6.07) is 9.65. The second kappa shape index (κ2) is 8.54. The van der Waals surface area contributed by atoms with Crippen LogP contribution < -0.4 is 0 Å². The van der Waals surface area contributed by atoms with Crippen molar-refractivity contribution < 1.29 is 18.7 Å². The minimum Gasteiger partial charge on any atom is -0.444 e. The SMILES string of the molecule is CN(C/C(F)=C\COCc1ccccc1)C(=O)OC(C)(C)C. The van der Waals surface area contributed by atoms with E-state index in [0.717, 1.165) is 5.56 Å². The van der Waals surface area contributed by atoms with Crippen LogP contribution in [0.3, 0.4) is 0 Å². The van der Waals surface area contributed by atoms with E-state index in [-0.39, 0.29) is 13.2 Å². The summed E-state index contributed by atoms with van der Waals surface area (Å²) in [4.78, 5) is 12.9. The lowest BCUT2D eigenvalue weighted by atomic mass is 10.2. The van der Waals surface area contributed by atoms with Gasteiger partial charge in [0.25, 0.3) is 0 Å². The minimum atomic E-state index is -0.593. The van der Waals surface area contributed by atoms with Gasteiger partial charge in [-0.15, -0.1) is 0 Å². The van der Waals surface area contributed by atoms with Crippen LogP contribution in [0.15, 0.2) is 42.2 Å². The third-order valence-electron chi connectivity index (χ3n) is 2.63. The van der Waals surface area contributed by atoms with Gasteiger partial charge in [-0.3, -0.25) is 0 Å². The van der Waals surface area contributed by atoms with Crippen molar-refractivity contribution in [1.82, 2.24) is 4.90 Å². The number of amides is 1. The molecule has 0 heterocycles. The smallest absolute Gasteiger partial charge is 0.410 e. The molecule has 22 heavy (non-hydrogen) atoms. The van der Waals surface area contributed by atoms with Crippen molar-refractivity contribution in [3.8, 4) is 0 Å². The number of carbonyl (C=O) groups is 1. The highest BCUT2D eigenvalue weighted by molar-refractivity contribution is 5.68. The Morgan fingerprint density at radius 2 is 1.91 bits per heavy atom. The van der Waals surface area contributed by atoms with E-state index in [9.17, 15) is 9.18 Å². The van der Waals surface area contributed by atoms with Gasteiger partial charge in [0.1, 0.15) is 11.4 Å². The van der Waals surface area contributed by atoms with E-state index >= 15 is 0 Å². The largest absolute Gasteiger partial charge is 0.444 e. The maximum absolute atomic E-state index is 13.7. The van der Waals surface area contributed by atoms with Crippen LogP contribution in [0, 0.1) is 0 Å². The van der Waals surface area contributed by atoms with Crippen LogP contribution in [-0.4, -0.2) is 36.8 Å². The van der Waals surface area contributed by atoms with Crippen LogP contribution in [0.4, 0.5) is 9.18 Å². The molecule has 0 aliphatic rings. The zero-order valence-electron chi connectivity index (χ0n) is 13.6. The van der Waals surface area contributed by atoms with Gasteiger partial charge in [-0.05, 0) is 32.4 Å². The molecule has 1 amide bonds. The second-order valence-corrected chi connectivity index (χ2v) is 5.99. The zero-order chi connectivity index (χ0) is 16.6. The molecular weight excluding hydrogens is 285 g/mol. The molecule has 0 aromatic heterocycles. The van der Waals surface area contributed by atoms with Crippen LogP contribution in [0.5, 0.6) is 0 Å². The normalized spacial score (nSPS) is 12.1. The molecule has 0 aliphatic heterocycles. The Labute approximate surface area is 131 Å². The number of ether oxygens (including phenoxy) is 2. The molecule has 0 aliphatic carbocycles. The molecular formula is C17H24FNO3. The molecule has 0 fully saturated rings. The van der Waals surface area contributed by atoms with Gasteiger partial charge in [-0.2, -0.15) is 0 Å². The standard InChI is InChI=1S/C17H24FNO3/c1-17(2,3)22-16(20)19(4)12-15(18)10-11-21-13-14-8-6-5-7-9-14/h5-10H,11-13H2,1-4H3/b15-10+. The van der Waals surface area contributed by atoms with Crippen molar-refractivity contribution in [3.05, 3.63) is 47.8 Å². The number of hydrogen-bond donors (Lipinski definition) is 0. The number of nitrogens with zero attached hydrogens (tertiary/aromatic N) is 1. The highest BCUT2D eigenvalue weighted by Crippen LogP contribution is 2.10. The summed E-state index contributed by atoms with van der Waals surface area (Å²) in [5.74, 6) is -0.429. The van der Waals surface area contributed by atoms with Crippen molar-refractivity contribution in [2.75, 3.05) is 20.2 Å². The Kier molecular flexibility index (Phi) is 7.05. The molecule has 0 bridgehead atoms. The molecule has 1 rings (SSSR count). The summed E-state index contributed by atoms with van der Waals surface area (Å²) in [5, 5.41) is 0. The molecule has 122 valence electrons. The maximum atomic E-state index is 13.7. The number of hydrogen-bond acceptors (Lipinski definition) is 3. The monoisotopic (exact) mass is 309 g/mol. The number of benzene rings is 1. The van der Waals surface area contributed by atoms with E-state index in [0.29, 0.717) is 6.61 Å². The fourth-order valence-electron chi connectivity index (χ4n) is 1.60. The Bertz CT molecular complexity index is 494. The topological polar surface area (TPSA) is 38.8 Å². The molecule has 5 heteroatoms. The van der Waals surface area contributed by atoms with Crippen LogP contribution in [0.1, 0.15) is 26.3 Å². The van der Waals surface area contributed by atoms with Crippen molar-refractivity contribution in [2.24, 2.45) is 0 Å². The average molecular weight is 309 g/mol. The molecule has 0 unspecified atom stereocenters. The van der Waals surface area contributed by atoms with Gasteiger partial charge in [0, 0.05) is 7.05 Å². The van der Waals surface area contributed by atoms with Gasteiger partial charge >= 0.3 is 6.09 Å². The maximum Gasteiger partial charge on any atom is 0.410 e. The summed E-state index contributed by atoms with van der Waals surface area (Å²) in [7, 11) is 1.49. The summed E-state index contributed by atoms with van der Waals surface area (Å²) in [5.41, 5.74) is 0.437. The Balaban J connectivity index is 2.31. The van der Waals surface area contributed by atoms with Gasteiger partial charge < -0.3 is 14.4 Å². The Morgan fingerprint density at radius 3 is 2.50 bits per heavy atom. The number of carbonyl (C=O) groups excluding carboxylic acids is 1. The van der Waals surface area contributed by atoms with Gasteiger partial charge in [-0.25, -0.2) is 9.18 Å². The zero-order valence-corrected chi connectivity index (χ0v) is 13.6. The number of rotatable bonds is 6. The molecule has 0 spiro atoms. The Hall–Kier alpha value is -1.88. The van der Waals surface area contributed by atoms with Crippen molar-refractivity contribution in [1.29, 1.82) is 0 Å². The second-order valence-electron chi connectivity index (χ2n) is 5.99. The lowest BCUT2D eigenvalue weighted by Gasteiger charge is -2.24. The molecule has 1 aromatic carbocycles. The molecule has 0 saturated carbocycles. The predicted molar refractivity (Wildman–Crippen MR) is 84.2 cm³/mol. The van der Waals surface area contributed by atoms with Crippen LogP contribution >= 0.6 is 0 Å². The molecule has 0 atom stereocenters. The predicted octanol–water partition coefficient (Wildman–Crippen LogP) is 3.92. The molecule has 4 nitrogen and oxygen atoms in total. The van der Waals surface area contributed by atoms with Gasteiger partial charge in [0.15, 0.2) is 0 Å². The van der Waals surface area contributed by atoms with Gasteiger partial charge in [0.2, 0.25) is 0 Å². The van der Waals surface area contributed by atoms with E-state index < -0.39 is 17.5 Å². The quantitative estimate of drug-likeness (QED) is 0.748. The average Bonchev–Trinajstić information content (AvgIpc) is 2.43. The fraction of sp³-hybridized carbons (Fsp3) is 0.471. The van der Waals surface area contributed by atoms with E-state index in [2.05, 4.69) is 0 Å². The lowest BCUT2D eigenvalue weighted by molar-refractivity contribution is 0.0304. The highest BCUT2D eigenvalue weighted by Gasteiger charge is 2.20. The highest BCUT2D eigenvalue weighted by atomic mass is 19.1. The molecule has 0 saturated heterocycles. The lowest BCUT2D eigenvalue weighted by Crippen LogP contribution is -2.35. The first kappa shape index (κ1) is 18.2. The molecule has 0 radical (unpaired) electrons. The molecule has 1 aromatic rings. The van der Waals surface area contributed by atoms with E-state index in [4.69, 9.17) is 9.47 Å². The first-order valence-electron chi connectivity index (χ1n) is 7.18. The number of halogens is 1. The first-order valence-corrected chi connectivity index (χ1v) is 7.18.